The molecule has 0 fully saturated rings. The molecule has 7 heteroatoms. The maximum atomic E-state index is 6.33. The number of halogens is 1. The van der Waals surface area contributed by atoms with E-state index in [1.54, 1.807) is 10.9 Å². The quantitative estimate of drug-likeness (QED) is 0.305. The molecule has 148 valence electrons. The summed E-state index contributed by atoms with van der Waals surface area (Å²) in [5, 5.41) is 13.4. The summed E-state index contributed by atoms with van der Waals surface area (Å²) in [7, 11) is 0. The van der Waals surface area contributed by atoms with Crippen molar-refractivity contribution in [2.24, 2.45) is 0 Å². The molecule has 5 aromatic rings. The largest absolute Gasteiger partial charge is 0.336 e. The topological polar surface area (TPSA) is 69.6 Å². The Labute approximate surface area is 182 Å². The molecule has 0 spiro atoms. The van der Waals surface area contributed by atoms with E-state index in [9.17, 15) is 0 Å². The second-order valence-electron chi connectivity index (χ2n) is 6.98. The van der Waals surface area contributed by atoms with Crippen molar-refractivity contribution in [3.63, 3.8) is 0 Å². The number of fused-ring (bicyclic) bond motifs is 2. The maximum Gasteiger partial charge on any atom is 0.210 e. The van der Waals surface area contributed by atoms with Crippen molar-refractivity contribution in [3.05, 3.63) is 94.9 Å². The molecule has 0 saturated carbocycles. The van der Waals surface area contributed by atoms with Crippen molar-refractivity contribution in [1.82, 2.24) is 19.9 Å². The lowest BCUT2D eigenvalue weighted by Gasteiger charge is -2.08. The molecule has 0 bridgehead atoms. The van der Waals surface area contributed by atoms with Crippen molar-refractivity contribution in [2.75, 3.05) is 5.84 Å². The second-order valence-corrected chi connectivity index (χ2v) is 8.33. The van der Waals surface area contributed by atoms with E-state index < -0.39 is 0 Å². The zero-order valence-electron chi connectivity index (χ0n) is 16.0. The Kier molecular flexibility index (Phi) is 5.02. The first kappa shape index (κ1) is 18.9. The van der Waals surface area contributed by atoms with Crippen LogP contribution >= 0.6 is 23.4 Å². The Balaban J connectivity index is 1.39. The van der Waals surface area contributed by atoms with Crippen LogP contribution in [0.3, 0.4) is 0 Å². The second kappa shape index (κ2) is 7.97. The zero-order valence-corrected chi connectivity index (χ0v) is 17.6. The Morgan fingerprint density at radius 3 is 2.63 bits per heavy atom. The van der Waals surface area contributed by atoms with Gasteiger partial charge in [-0.15, -0.1) is 10.2 Å². The molecule has 2 N–H and O–H groups in total. The molecule has 3 aromatic carbocycles. The number of nitrogens with zero attached hydrogens (tertiary/aromatic N) is 4. The molecular formula is C23H18ClN5S. The van der Waals surface area contributed by atoms with E-state index in [2.05, 4.69) is 45.5 Å². The maximum absolute atomic E-state index is 6.33. The Hall–Kier alpha value is -3.09. The summed E-state index contributed by atoms with van der Waals surface area (Å²) in [6.07, 6.45) is 2.40. The van der Waals surface area contributed by atoms with E-state index >= 15 is 0 Å². The smallest absolute Gasteiger partial charge is 0.210 e. The third-order valence-electron chi connectivity index (χ3n) is 5.12. The first-order valence-electron chi connectivity index (χ1n) is 9.51. The molecule has 2 aromatic heterocycles. The van der Waals surface area contributed by atoms with Crippen LogP contribution in [-0.4, -0.2) is 19.9 Å². The minimum atomic E-state index is 0.622. The molecule has 0 aliphatic carbocycles. The van der Waals surface area contributed by atoms with Gasteiger partial charge in [-0.3, -0.25) is 4.98 Å². The summed E-state index contributed by atoms with van der Waals surface area (Å²) in [6.45, 7) is 0. The fourth-order valence-corrected chi connectivity index (χ4v) is 4.67. The number of rotatable bonds is 5. The van der Waals surface area contributed by atoms with Gasteiger partial charge in [0, 0.05) is 28.8 Å². The average Bonchev–Trinajstić information content (AvgIpc) is 3.13. The predicted molar refractivity (Wildman–Crippen MR) is 123 cm³/mol. The van der Waals surface area contributed by atoms with Crippen molar-refractivity contribution < 1.29 is 0 Å². The van der Waals surface area contributed by atoms with E-state index in [4.69, 9.17) is 17.4 Å². The number of nitrogen functional groups attached to an aromatic ring is 1. The lowest BCUT2D eigenvalue weighted by atomic mass is 10.0. The highest BCUT2D eigenvalue weighted by molar-refractivity contribution is 7.98. The van der Waals surface area contributed by atoms with Gasteiger partial charge in [-0.25, -0.2) is 4.68 Å². The zero-order chi connectivity index (χ0) is 20.5. The van der Waals surface area contributed by atoms with Crippen LogP contribution in [0.15, 0.2) is 78.1 Å². The van der Waals surface area contributed by atoms with E-state index in [-0.39, 0.29) is 0 Å². The van der Waals surface area contributed by atoms with Gasteiger partial charge in [-0.1, -0.05) is 71.9 Å². The summed E-state index contributed by atoms with van der Waals surface area (Å²) in [4.78, 5) is 4.49. The molecule has 0 saturated heterocycles. The van der Waals surface area contributed by atoms with Crippen LogP contribution in [0.2, 0.25) is 5.02 Å². The van der Waals surface area contributed by atoms with E-state index in [1.165, 1.54) is 28.1 Å². The molecule has 0 amide bonds. The predicted octanol–water partition coefficient (Wildman–Crippen LogP) is 5.23. The molecule has 0 radical (unpaired) electrons. The highest BCUT2D eigenvalue weighted by atomic mass is 35.5. The van der Waals surface area contributed by atoms with E-state index in [0.717, 1.165) is 22.3 Å². The SMILES string of the molecule is Nn1c(Cc2cccc3ccccc23)nnc1SCc1ccc(Cl)c2cccnc12. The molecule has 2 heterocycles. The molecule has 0 unspecified atom stereocenters. The minimum absolute atomic E-state index is 0.622. The van der Waals surface area contributed by atoms with Gasteiger partial charge in [0.15, 0.2) is 5.82 Å². The van der Waals surface area contributed by atoms with Gasteiger partial charge in [-0.2, -0.15) is 0 Å². The molecular weight excluding hydrogens is 414 g/mol. The van der Waals surface area contributed by atoms with Crippen LogP contribution in [0.4, 0.5) is 0 Å². The van der Waals surface area contributed by atoms with E-state index in [1.807, 2.05) is 36.4 Å². The van der Waals surface area contributed by atoms with E-state index in [0.29, 0.717) is 22.4 Å². The Morgan fingerprint density at radius 1 is 0.867 bits per heavy atom. The number of pyridine rings is 1. The summed E-state index contributed by atoms with van der Waals surface area (Å²) in [5.41, 5.74) is 3.16. The van der Waals surface area contributed by atoms with Gasteiger partial charge < -0.3 is 5.84 Å². The summed E-state index contributed by atoms with van der Waals surface area (Å²) >= 11 is 7.84. The number of hydrogen-bond donors (Lipinski definition) is 1. The molecule has 5 nitrogen and oxygen atoms in total. The van der Waals surface area contributed by atoms with Gasteiger partial charge in [0.1, 0.15) is 0 Å². The summed E-state index contributed by atoms with van der Waals surface area (Å²) in [6, 6.07) is 22.4. The van der Waals surface area contributed by atoms with Crippen molar-refractivity contribution in [1.29, 1.82) is 0 Å². The number of thioether (sulfide) groups is 1. The molecule has 30 heavy (non-hydrogen) atoms. The van der Waals surface area contributed by atoms with Crippen molar-refractivity contribution in [3.8, 4) is 0 Å². The van der Waals surface area contributed by atoms with Gasteiger partial charge in [-0.05, 0) is 40.1 Å². The lowest BCUT2D eigenvalue weighted by molar-refractivity contribution is 0.806. The Morgan fingerprint density at radius 2 is 1.70 bits per heavy atom. The Bertz CT molecular complexity index is 1360. The van der Waals surface area contributed by atoms with Crippen LogP contribution in [0, 0.1) is 0 Å². The lowest BCUT2D eigenvalue weighted by Crippen LogP contribution is -2.14. The number of hydrogen-bond acceptors (Lipinski definition) is 5. The number of nitrogens with two attached hydrogens (primary N) is 1. The van der Waals surface area contributed by atoms with Gasteiger partial charge >= 0.3 is 0 Å². The van der Waals surface area contributed by atoms with Crippen molar-refractivity contribution in [2.45, 2.75) is 17.3 Å². The highest BCUT2D eigenvalue weighted by Gasteiger charge is 2.14. The van der Waals surface area contributed by atoms with Crippen LogP contribution in [0.25, 0.3) is 21.7 Å². The van der Waals surface area contributed by atoms with Gasteiger partial charge in [0.25, 0.3) is 0 Å². The first-order chi connectivity index (χ1) is 14.7. The fraction of sp³-hybridized carbons (Fsp3) is 0.0870. The van der Waals surface area contributed by atoms with Crippen LogP contribution in [0.5, 0.6) is 0 Å². The number of benzene rings is 3. The monoisotopic (exact) mass is 431 g/mol. The van der Waals surface area contributed by atoms with Gasteiger partial charge in [0.05, 0.1) is 5.52 Å². The molecule has 0 aliphatic rings. The molecule has 5 rings (SSSR count). The number of aromatic nitrogens is 4. The molecule has 0 aliphatic heterocycles. The van der Waals surface area contributed by atoms with Crippen LogP contribution in [-0.2, 0) is 12.2 Å². The van der Waals surface area contributed by atoms with Gasteiger partial charge in [0.2, 0.25) is 5.16 Å². The average molecular weight is 432 g/mol. The standard InChI is InChI=1S/C23H18ClN5S/c24-20-11-10-17(22-19(20)9-4-12-26-22)14-30-23-28-27-21(29(23)25)13-16-7-3-6-15-5-1-2-8-18(15)16/h1-12H,13-14,25H2. The third-order valence-corrected chi connectivity index (χ3v) is 6.44. The van der Waals surface area contributed by atoms with Crippen LogP contribution < -0.4 is 5.84 Å². The molecule has 0 atom stereocenters. The van der Waals surface area contributed by atoms with Crippen molar-refractivity contribution >= 4 is 45.0 Å². The summed E-state index contributed by atoms with van der Waals surface area (Å²) in [5.74, 6) is 7.73. The first-order valence-corrected chi connectivity index (χ1v) is 10.9. The highest BCUT2D eigenvalue weighted by Crippen LogP contribution is 2.29. The minimum Gasteiger partial charge on any atom is -0.336 e. The fourth-order valence-electron chi connectivity index (χ4n) is 3.60. The summed E-state index contributed by atoms with van der Waals surface area (Å²) < 4.78 is 1.58. The van der Waals surface area contributed by atoms with Crippen LogP contribution in [0.1, 0.15) is 17.0 Å². The normalized spacial score (nSPS) is 11.4. The third kappa shape index (κ3) is 3.49.